The Morgan fingerprint density at radius 2 is 1.76 bits per heavy atom. The lowest BCUT2D eigenvalue weighted by Crippen LogP contribution is -2.50. The third kappa shape index (κ3) is 4.23. The Bertz CT molecular complexity index is 958. The van der Waals surface area contributed by atoms with Crippen LogP contribution in [0.25, 0.3) is 0 Å². The van der Waals surface area contributed by atoms with E-state index in [4.69, 9.17) is 4.52 Å². The molecule has 1 aromatic carbocycles. The van der Waals surface area contributed by atoms with Crippen LogP contribution in [0.15, 0.2) is 33.7 Å². The van der Waals surface area contributed by atoms with Crippen molar-refractivity contribution in [1.82, 2.24) is 14.4 Å². The number of hydrogen-bond donors (Lipinski definition) is 0. The van der Waals surface area contributed by atoms with Gasteiger partial charge >= 0.3 is 0 Å². The molecule has 0 bridgehead atoms. The molecule has 1 amide bonds. The van der Waals surface area contributed by atoms with Crippen LogP contribution in [0.3, 0.4) is 0 Å². The van der Waals surface area contributed by atoms with Gasteiger partial charge in [-0.25, -0.2) is 8.42 Å². The summed E-state index contributed by atoms with van der Waals surface area (Å²) in [5, 5.41) is 3.94. The minimum Gasteiger partial charge on any atom is -0.361 e. The van der Waals surface area contributed by atoms with Crippen LogP contribution < -0.4 is 0 Å². The molecule has 0 saturated carbocycles. The number of carbonyl (C=O) groups is 1. The highest BCUT2D eigenvalue weighted by Crippen LogP contribution is 2.24. The second-order valence-electron chi connectivity index (χ2n) is 7.49. The van der Waals surface area contributed by atoms with Crippen molar-refractivity contribution in [2.75, 3.05) is 26.2 Å². The van der Waals surface area contributed by atoms with Gasteiger partial charge in [-0.3, -0.25) is 4.79 Å². The average molecular weight is 420 g/mol. The first-order chi connectivity index (χ1) is 13.8. The first kappa shape index (κ1) is 21.5. The summed E-state index contributed by atoms with van der Waals surface area (Å²) in [7, 11) is -3.57. The summed E-state index contributed by atoms with van der Waals surface area (Å²) in [6, 6.07) is 7.15. The fourth-order valence-electron chi connectivity index (χ4n) is 3.58. The Kier molecular flexibility index (Phi) is 6.43. The summed E-state index contributed by atoms with van der Waals surface area (Å²) >= 11 is 0. The monoisotopic (exact) mass is 419 g/mol. The van der Waals surface area contributed by atoms with Crippen molar-refractivity contribution in [3.8, 4) is 0 Å². The van der Waals surface area contributed by atoms with Gasteiger partial charge in [-0.1, -0.05) is 38.1 Å². The van der Waals surface area contributed by atoms with Gasteiger partial charge in [0.1, 0.15) is 11.3 Å². The summed E-state index contributed by atoms with van der Waals surface area (Å²) < 4.78 is 32.6. The van der Waals surface area contributed by atoms with E-state index in [0.29, 0.717) is 47.3 Å². The first-order valence-corrected chi connectivity index (χ1v) is 11.6. The number of carbonyl (C=O) groups excluding carboxylic acids is 1. The van der Waals surface area contributed by atoms with Gasteiger partial charge in [-0.05, 0) is 43.4 Å². The van der Waals surface area contributed by atoms with Gasteiger partial charge in [0.15, 0.2) is 0 Å². The Morgan fingerprint density at radius 1 is 1.14 bits per heavy atom. The molecule has 2 aromatic rings. The van der Waals surface area contributed by atoms with E-state index >= 15 is 0 Å². The van der Waals surface area contributed by atoms with Crippen LogP contribution in [-0.4, -0.2) is 54.9 Å². The third-order valence-corrected chi connectivity index (χ3v) is 7.62. The predicted molar refractivity (Wildman–Crippen MR) is 110 cm³/mol. The van der Waals surface area contributed by atoms with E-state index < -0.39 is 10.0 Å². The SMILES string of the molecule is CCc1noc(C)c1C(=O)N1CCN(S(=O)(=O)c2ccc([C@@H](C)CC)cc2)CC1. The number of aryl methyl sites for hydroxylation is 2. The molecule has 1 saturated heterocycles. The average Bonchev–Trinajstić information content (AvgIpc) is 3.13. The number of nitrogens with zero attached hydrogens (tertiary/aromatic N) is 3. The van der Waals surface area contributed by atoms with Crippen molar-refractivity contribution < 1.29 is 17.7 Å². The van der Waals surface area contributed by atoms with Gasteiger partial charge in [0.05, 0.1) is 10.6 Å². The number of hydrogen-bond acceptors (Lipinski definition) is 5. The van der Waals surface area contributed by atoms with Crippen molar-refractivity contribution in [1.29, 1.82) is 0 Å². The number of amides is 1. The molecule has 0 spiro atoms. The van der Waals surface area contributed by atoms with Crippen molar-refractivity contribution >= 4 is 15.9 Å². The molecule has 0 radical (unpaired) electrons. The summed E-state index contributed by atoms with van der Waals surface area (Å²) in [6.45, 7) is 9.11. The van der Waals surface area contributed by atoms with Crippen molar-refractivity contribution in [3.63, 3.8) is 0 Å². The van der Waals surface area contributed by atoms with Gasteiger partial charge in [0, 0.05) is 26.2 Å². The Morgan fingerprint density at radius 3 is 2.31 bits per heavy atom. The Labute approximate surface area is 172 Å². The predicted octanol–water partition coefficient (Wildman–Crippen LogP) is 3.21. The molecular formula is C21H29N3O4S. The van der Waals surface area contributed by atoms with Gasteiger partial charge < -0.3 is 9.42 Å². The van der Waals surface area contributed by atoms with Crippen LogP contribution in [-0.2, 0) is 16.4 Å². The molecule has 0 unspecified atom stereocenters. The maximum atomic E-state index is 13.0. The highest BCUT2D eigenvalue weighted by Gasteiger charge is 2.32. The second kappa shape index (κ2) is 8.67. The van der Waals surface area contributed by atoms with Crippen LogP contribution >= 0.6 is 0 Å². The lowest BCUT2D eigenvalue weighted by atomic mass is 9.99. The van der Waals surface area contributed by atoms with Gasteiger partial charge in [-0.2, -0.15) is 4.31 Å². The standard InChI is InChI=1S/C21H29N3O4S/c1-5-15(3)17-7-9-18(10-8-17)29(26,27)24-13-11-23(12-14-24)21(25)20-16(4)28-22-19(20)6-2/h7-10,15H,5-6,11-14H2,1-4H3/t15-/m0/s1. The number of sulfonamides is 1. The number of rotatable bonds is 6. The number of benzene rings is 1. The lowest BCUT2D eigenvalue weighted by molar-refractivity contribution is 0.0695. The zero-order valence-electron chi connectivity index (χ0n) is 17.5. The maximum Gasteiger partial charge on any atom is 0.259 e. The molecule has 7 nitrogen and oxygen atoms in total. The lowest BCUT2D eigenvalue weighted by Gasteiger charge is -2.34. The quantitative estimate of drug-likeness (QED) is 0.718. The van der Waals surface area contributed by atoms with Gasteiger partial charge in [-0.15, -0.1) is 0 Å². The Hall–Kier alpha value is -2.19. The normalized spacial score (nSPS) is 16.8. The fourth-order valence-corrected chi connectivity index (χ4v) is 5.00. The van der Waals surface area contributed by atoms with Crippen molar-refractivity contribution in [3.05, 3.63) is 46.8 Å². The molecule has 0 aliphatic carbocycles. The molecule has 1 aliphatic heterocycles. The number of aromatic nitrogens is 1. The molecule has 1 aromatic heterocycles. The zero-order valence-corrected chi connectivity index (χ0v) is 18.3. The molecule has 1 aliphatic rings. The van der Waals surface area contributed by atoms with Crippen LogP contribution in [0.5, 0.6) is 0 Å². The molecular weight excluding hydrogens is 390 g/mol. The molecule has 1 fully saturated rings. The molecule has 158 valence electrons. The minimum absolute atomic E-state index is 0.143. The van der Waals surface area contributed by atoms with Gasteiger partial charge in [0.2, 0.25) is 10.0 Å². The first-order valence-electron chi connectivity index (χ1n) is 10.1. The molecule has 29 heavy (non-hydrogen) atoms. The highest BCUT2D eigenvalue weighted by molar-refractivity contribution is 7.89. The molecule has 8 heteroatoms. The molecule has 3 rings (SSSR count). The van der Waals surface area contributed by atoms with Crippen molar-refractivity contribution in [2.45, 2.75) is 51.3 Å². The molecule has 0 N–H and O–H groups in total. The Balaban J connectivity index is 1.69. The second-order valence-corrected chi connectivity index (χ2v) is 9.43. The fraction of sp³-hybridized carbons (Fsp3) is 0.524. The van der Waals surface area contributed by atoms with Crippen LogP contribution in [0.4, 0.5) is 0 Å². The molecule has 2 heterocycles. The smallest absolute Gasteiger partial charge is 0.259 e. The van der Waals surface area contributed by atoms with Crippen LogP contribution in [0, 0.1) is 6.92 Å². The summed E-state index contributed by atoms with van der Waals surface area (Å²) in [6.07, 6.45) is 1.62. The zero-order chi connectivity index (χ0) is 21.2. The summed E-state index contributed by atoms with van der Waals surface area (Å²) in [5.41, 5.74) is 2.28. The number of piperazine rings is 1. The van der Waals surface area contributed by atoms with Crippen LogP contribution in [0.2, 0.25) is 0 Å². The molecule has 1 atom stereocenters. The van der Waals surface area contributed by atoms with Crippen molar-refractivity contribution in [2.24, 2.45) is 0 Å². The van der Waals surface area contributed by atoms with E-state index in [1.54, 1.807) is 24.0 Å². The minimum atomic E-state index is -3.57. The largest absolute Gasteiger partial charge is 0.361 e. The third-order valence-electron chi connectivity index (χ3n) is 5.71. The summed E-state index contributed by atoms with van der Waals surface area (Å²) in [5.74, 6) is 0.758. The summed E-state index contributed by atoms with van der Waals surface area (Å²) in [4.78, 5) is 14.9. The van der Waals surface area contributed by atoms with Crippen LogP contribution in [0.1, 0.15) is 60.5 Å². The van der Waals surface area contributed by atoms with E-state index in [9.17, 15) is 13.2 Å². The van der Waals surface area contributed by atoms with E-state index in [0.717, 1.165) is 12.0 Å². The van der Waals surface area contributed by atoms with Gasteiger partial charge in [0.25, 0.3) is 5.91 Å². The van der Waals surface area contributed by atoms with E-state index in [1.165, 1.54) is 4.31 Å². The van der Waals surface area contributed by atoms with E-state index in [2.05, 4.69) is 19.0 Å². The maximum absolute atomic E-state index is 13.0. The topological polar surface area (TPSA) is 83.7 Å². The highest BCUT2D eigenvalue weighted by atomic mass is 32.2. The van der Waals surface area contributed by atoms with E-state index in [-0.39, 0.29) is 19.0 Å². The van der Waals surface area contributed by atoms with E-state index in [1.807, 2.05) is 19.1 Å².